The minimum Gasteiger partial charge on any atom is -0.503 e. The zero-order chi connectivity index (χ0) is 24.5. The number of allylic oxidation sites excluding steroid dienone is 1. The fraction of sp³-hybridized carbons (Fsp3) is 0.107. The van der Waals surface area contributed by atoms with Gasteiger partial charge in [0.15, 0.2) is 16.7 Å². The number of carbonyl (C=O) groups excluding carboxylic acids is 2. The van der Waals surface area contributed by atoms with E-state index in [0.717, 1.165) is 15.8 Å². The van der Waals surface area contributed by atoms with Gasteiger partial charge in [-0.2, -0.15) is 0 Å². The zero-order valence-corrected chi connectivity index (χ0v) is 20.0. The van der Waals surface area contributed by atoms with Crippen LogP contribution >= 0.6 is 11.3 Å². The summed E-state index contributed by atoms with van der Waals surface area (Å²) >= 11 is 1.30. The molecule has 1 aliphatic heterocycles. The second-order valence-electron chi connectivity index (χ2n) is 8.19. The van der Waals surface area contributed by atoms with Crippen LogP contribution in [0.1, 0.15) is 22.7 Å². The number of hydrogen-bond donors (Lipinski definition) is 1. The van der Waals surface area contributed by atoms with Gasteiger partial charge in [0, 0.05) is 0 Å². The molecule has 1 aliphatic rings. The average Bonchev–Trinajstić information content (AvgIpc) is 3.41. The smallest absolute Gasteiger partial charge is 0.296 e. The maximum atomic E-state index is 13.3. The third-order valence-corrected chi connectivity index (χ3v) is 6.90. The lowest BCUT2D eigenvalue weighted by atomic mass is 9.95. The summed E-state index contributed by atoms with van der Waals surface area (Å²) in [6.45, 7) is 1.96. The van der Waals surface area contributed by atoms with Gasteiger partial charge in [0.1, 0.15) is 5.75 Å². The Bertz CT molecular complexity index is 1490. The molecule has 2 heterocycles. The van der Waals surface area contributed by atoms with Crippen LogP contribution in [0.2, 0.25) is 0 Å². The summed E-state index contributed by atoms with van der Waals surface area (Å²) in [4.78, 5) is 32.7. The van der Waals surface area contributed by atoms with Crippen molar-refractivity contribution in [2.45, 2.75) is 13.0 Å². The molecule has 1 amide bonds. The molecule has 0 aliphatic carbocycles. The largest absolute Gasteiger partial charge is 0.503 e. The molecule has 5 rings (SSSR count). The Morgan fingerprint density at radius 1 is 1.09 bits per heavy atom. The van der Waals surface area contributed by atoms with E-state index >= 15 is 0 Å². The van der Waals surface area contributed by atoms with Gasteiger partial charge in [0.2, 0.25) is 0 Å². The van der Waals surface area contributed by atoms with E-state index in [1.807, 2.05) is 73.7 Å². The van der Waals surface area contributed by atoms with E-state index in [0.29, 0.717) is 22.0 Å². The number of carbonyl (C=O) groups is 2. The number of aliphatic hydroxyl groups is 1. The summed E-state index contributed by atoms with van der Waals surface area (Å²) in [6, 6.07) is 21.6. The molecule has 0 bridgehead atoms. The lowest BCUT2D eigenvalue weighted by Crippen LogP contribution is -2.30. The number of hydrogen-bond acceptors (Lipinski definition) is 6. The number of ketones is 1. The molecule has 3 aromatic carbocycles. The SMILES string of the molecule is COc1ccc2nc(N3C(=O)C(O)=C(C(=O)/C=C/c4ccccc4)C3c3ccc(C)cc3)sc2c1. The molecule has 6 nitrogen and oxygen atoms in total. The number of benzene rings is 3. The van der Waals surface area contributed by atoms with E-state index < -0.39 is 23.5 Å². The summed E-state index contributed by atoms with van der Waals surface area (Å²) in [6.07, 6.45) is 3.06. The van der Waals surface area contributed by atoms with Gasteiger partial charge in [-0.3, -0.25) is 14.5 Å². The molecule has 0 radical (unpaired) electrons. The number of ether oxygens (including phenoxy) is 1. The highest BCUT2D eigenvalue weighted by Gasteiger charge is 2.45. The van der Waals surface area contributed by atoms with Crippen molar-refractivity contribution in [1.82, 2.24) is 4.98 Å². The molecule has 1 aromatic heterocycles. The number of anilines is 1. The third kappa shape index (κ3) is 4.22. The number of nitrogens with zero attached hydrogens (tertiary/aromatic N) is 2. The van der Waals surface area contributed by atoms with Gasteiger partial charge in [0.05, 0.1) is 28.9 Å². The zero-order valence-electron chi connectivity index (χ0n) is 19.1. The summed E-state index contributed by atoms with van der Waals surface area (Å²) in [5.74, 6) is -0.970. The van der Waals surface area contributed by atoms with Crippen LogP contribution in [0.5, 0.6) is 5.75 Å². The van der Waals surface area contributed by atoms with Crippen LogP contribution in [-0.4, -0.2) is 28.9 Å². The molecule has 0 saturated carbocycles. The molecule has 1 atom stereocenters. The van der Waals surface area contributed by atoms with Crippen molar-refractivity contribution in [3.8, 4) is 5.75 Å². The quantitative estimate of drug-likeness (QED) is 0.352. The topological polar surface area (TPSA) is 79.7 Å². The van der Waals surface area contributed by atoms with Crippen LogP contribution < -0.4 is 9.64 Å². The van der Waals surface area contributed by atoms with Gasteiger partial charge in [-0.1, -0.05) is 77.6 Å². The van der Waals surface area contributed by atoms with E-state index in [-0.39, 0.29) is 5.57 Å². The monoisotopic (exact) mass is 482 g/mol. The highest BCUT2D eigenvalue weighted by molar-refractivity contribution is 7.22. The van der Waals surface area contributed by atoms with Crippen LogP contribution in [0.3, 0.4) is 0 Å². The van der Waals surface area contributed by atoms with E-state index in [4.69, 9.17) is 4.74 Å². The highest BCUT2D eigenvalue weighted by Crippen LogP contribution is 2.44. The molecule has 174 valence electrons. The molecule has 35 heavy (non-hydrogen) atoms. The molecule has 1 unspecified atom stereocenters. The third-order valence-electron chi connectivity index (χ3n) is 5.88. The first kappa shape index (κ1) is 22.6. The van der Waals surface area contributed by atoms with Crippen LogP contribution in [0, 0.1) is 6.92 Å². The highest BCUT2D eigenvalue weighted by atomic mass is 32.1. The van der Waals surface area contributed by atoms with Crippen molar-refractivity contribution in [1.29, 1.82) is 0 Å². The predicted octanol–water partition coefficient (Wildman–Crippen LogP) is 5.80. The summed E-state index contributed by atoms with van der Waals surface area (Å²) in [7, 11) is 1.59. The fourth-order valence-corrected chi connectivity index (χ4v) is 5.09. The number of rotatable bonds is 6. The maximum absolute atomic E-state index is 13.3. The summed E-state index contributed by atoms with van der Waals surface area (Å²) in [5.41, 5.74) is 3.32. The number of aromatic nitrogens is 1. The lowest BCUT2D eigenvalue weighted by Gasteiger charge is -2.24. The second kappa shape index (κ2) is 9.19. The number of amides is 1. The Balaban J connectivity index is 1.60. The standard InChI is InChI=1S/C28H22N2O4S/c1-17-8-11-19(12-9-17)25-24(22(31)15-10-18-6-4-3-5-7-18)26(32)27(33)30(25)28-29-21-14-13-20(34-2)16-23(21)35-28/h3-16,25,32H,1-2H3/b15-10+. The Morgan fingerprint density at radius 2 is 1.83 bits per heavy atom. The van der Waals surface area contributed by atoms with Crippen LogP contribution in [0.25, 0.3) is 16.3 Å². The number of thiazole rings is 1. The van der Waals surface area contributed by atoms with Crippen molar-refractivity contribution >= 4 is 44.5 Å². The van der Waals surface area contributed by atoms with Gasteiger partial charge in [-0.05, 0) is 42.3 Å². The molecular formula is C28H22N2O4S. The van der Waals surface area contributed by atoms with Crippen molar-refractivity contribution in [3.63, 3.8) is 0 Å². The Hall–Kier alpha value is -4.23. The number of methoxy groups -OCH3 is 1. The lowest BCUT2D eigenvalue weighted by molar-refractivity contribution is -0.117. The summed E-state index contributed by atoms with van der Waals surface area (Å²) in [5, 5.41) is 11.3. The molecule has 0 fully saturated rings. The summed E-state index contributed by atoms with van der Waals surface area (Å²) < 4.78 is 6.14. The minimum absolute atomic E-state index is 0.0304. The van der Waals surface area contributed by atoms with E-state index in [2.05, 4.69) is 4.98 Å². The minimum atomic E-state index is -0.807. The van der Waals surface area contributed by atoms with Crippen LogP contribution in [0.4, 0.5) is 5.13 Å². The second-order valence-corrected chi connectivity index (χ2v) is 9.20. The van der Waals surface area contributed by atoms with Gasteiger partial charge >= 0.3 is 0 Å². The fourth-order valence-electron chi connectivity index (χ4n) is 4.07. The van der Waals surface area contributed by atoms with Crippen molar-refractivity contribution < 1.29 is 19.4 Å². The number of fused-ring (bicyclic) bond motifs is 1. The molecule has 1 N–H and O–H groups in total. The Labute approximate surface area is 206 Å². The van der Waals surface area contributed by atoms with Crippen molar-refractivity contribution in [3.05, 3.63) is 107 Å². The van der Waals surface area contributed by atoms with Gasteiger partial charge < -0.3 is 9.84 Å². The van der Waals surface area contributed by atoms with E-state index in [1.54, 1.807) is 19.3 Å². The number of aryl methyl sites for hydroxylation is 1. The number of aliphatic hydroxyl groups excluding tert-OH is 1. The molecule has 0 spiro atoms. The van der Waals surface area contributed by atoms with Gasteiger partial charge in [-0.15, -0.1) is 0 Å². The van der Waals surface area contributed by atoms with Gasteiger partial charge in [-0.25, -0.2) is 4.98 Å². The molecule has 7 heteroatoms. The molecule has 4 aromatic rings. The maximum Gasteiger partial charge on any atom is 0.296 e. The van der Waals surface area contributed by atoms with Gasteiger partial charge in [0.25, 0.3) is 5.91 Å². The molecule has 0 saturated heterocycles. The average molecular weight is 483 g/mol. The van der Waals surface area contributed by atoms with Crippen LogP contribution in [-0.2, 0) is 9.59 Å². The first-order chi connectivity index (χ1) is 17.0. The van der Waals surface area contributed by atoms with E-state index in [9.17, 15) is 14.7 Å². The molecular weight excluding hydrogens is 460 g/mol. The van der Waals surface area contributed by atoms with Crippen molar-refractivity contribution in [2.75, 3.05) is 12.0 Å². The first-order valence-electron chi connectivity index (χ1n) is 11.0. The first-order valence-corrected chi connectivity index (χ1v) is 11.8. The Kier molecular flexibility index (Phi) is 5.93. The predicted molar refractivity (Wildman–Crippen MR) is 138 cm³/mol. The Morgan fingerprint density at radius 3 is 2.54 bits per heavy atom. The normalized spacial score (nSPS) is 16.0. The van der Waals surface area contributed by atoms with Crippen molar-refractivity contribution in [2.24, 2.45) is 0 Å². The van der Waals surface area contributed by atoms with E-state index in [1.165, 1.54) is 22.3 Å². The van der Waals surface area contributed by atoms with Crippen LogP contribution in [0.15, 0.2) is 90.2 Å².